The van der Waals surface area contributed by atoms with Gasteiger partial charge in [-0.3, -0.25) is 4.79 Å². The van der Waals surface area contributed by atoms with Gasteiger partial charge in [-0.05, 0) is 37.5 Å². The molecule has 2 aliphatic rings. The predicted molar refractivity (Wildman–Crippen MR) is 108 cm³/mol. The van der Waals surface area contributed by atoms with Crippen molar-refractivity contribution >= 4 is 23.4 Å². The van der Waals surface area contributed by atoms with E-state index < -0.39 is 34.8 Å². The van der Waals surface area contributed by atoms with Crippen LogP contribution < -0.4 is 16.0 Å². The Morgan fingerprint density at radius 2 is 2.00 bits per heavy atom. The molecule has 8 nitrogen and oxygen atoms in total. The minimum Gasteiger partial charge on any atom is -0.465 e. The van der Waals surface area contributed by atoms with Gasteiger partial charge in [0.25, 0.3) is 5.91 Å². The molecule has 2 bridgehead atoms. The quantitative estimate of drug-likeness (QED) is 0.628. The highest BCUT2D eigenvalue weighted by atomic mass is 19.1. The number of esters is 1. The molecule has 1 saturated heterocycles. The fourth-order valence-electron chi connectivity index (χ4n) is 3.45. The number of benzene rings is 1. The molecule has 10 heteroatoms. The number of carbonyl (C=O) groups excluding carboxylic acids is 2. The largest absolute Gasteiger partial charge is 0.465 e. The number of anilines is 2. The molecule has 0 atom stereocenters. The Morgan fingerprint density at radius 1 is 1.16 bits per heavy atom. The number of amides is 1. The summed E-state index contributed by atoms with van der Waals surface area (Å²) >= 11 is 0. The van der Waals surface area contributed by atoms with E-state index in [4.69, 9.17) is 0 Å². The van der Waals surface area contributed by atoms with Gasteiger partial charge < -0.3 is 20.7 Å². The van der Waals surface area contributed by atoms with Crippen molar-refractivity contribution in [1.29, 1.82) is 0 Å². The van der Waals surface area contributed by atoms with Gasteiger partial charge in [0.05, 0.1) is 18.4 Å². The fourth-order valence-corrected chi connectivity index (χ4v) is 3.45. The molecule has 31 heavy (non-hydrogen) atoms. The monoisotopic (exact) mass is 427 g/mol. The van der Waals surface area contributed by atoms with Crippen molar-refractivity contribution < 1.29 is 23.1 Å². The average molecular weight is 427 g/mol. The number of ether oxygens (including phenoxy) is 1. The standard InChI is InChI=1S/C21H19F2N5O3/c1-31-21(30)13-9-11(22)10-14(23)19(13)26-20(29)17-7-8-18(28-27-17)25-16-6-5-12-3-2-4-15(16)24-12/h5,7-10,24H,2-4,6H2,1H3,(H,25,28)(H,26,29). The Hall–Kier alpha value is -3.82. The average Bonchev–Trinajstić information content (AvgIpc) is 2.77. The number of fused-ring (bicyclic) bond motifs is 2. The van der Waals surface area contributed by atoms with Gasteiger partial charge in [0.15, 0.2) is 17.3 Å². The summed E-state index contributed by atoms with van der Waals surface area (Å²) in [6.07, 6.45) is 5.95. The first-order chi connectivity index (χ1) is 14.9. The van der Waals surface area contributed by atoms with Crippen molar-refractivity contribution in [2.45, 2.75) is 25.7 Å². The van der Waals surface area contributed by atoms with E-state index in [0.29, 0.717) is 11.9 Å². The van der Waals surface area contributed by atoms with Gasteiger partial charge in [0, 0.05) is 29.6 Å². The number of dihydropyridines is 1. The molecule has 160 valence electrons. The number of hydrogen-bond acceptors (Lipinski definition) is 7. The summed E-state index contributed by atoms with van der Waals surface area (Å²) in [5, 5.41) is 16.7. The second-order valence-corrected chi connectivity index (χ2v) is 7.05. The van der Waals surface area contributed by atoms with Crippen LogP contribution in [0.1, 0.15) is 46.5 Å². The van der Waals surface area contributed by atoms with E-state index in [0.717, 1.165) is 50.3 Å². The smallest absolute Gasteiger partial charge is 0.340 e. The zero-order chi connectivity index (χ0) is 22.0. The number of nitrogens with zero attached hydrogens (tertiary/aromatic N) is 2. The Kier molecular flexibility index (Phi) is 5.61. The molecule has 1 fully saturated rings. The number of methoxy groups -OCH3 is 1. The van der Waals surface area contributed by atoms with Crippen molar-refractivity contribution in [3.63, 3.8) is 0 Å². The van der Waals surface area contributed by atoms with Gasteiger partial charge >= 0.3 is 5.97 Å². The number of halogens is 2. The van der Waals surface area contributed by atoms with Crippen molar-refractivity contribution in [2.75, 3.05) is 17.7 Å². The molecule has 0 spiro atoms. The lowest BCUT2D eigenvalue weighted by molar-refractivity contribution is 0.0601. The van der Waals surface area contributed by atoms with Crippen molar-refractivity contribution in [1.82, 2.24) is 15.5 Å². The number of allylic oxidation sites excluding steroid dienone is 3. The highest BCUT2D eigenvalue weighted by Crippen LogP contribution is 2.28. The molecule has 3 heterocycles. The van der Waals surface area contributed by atoms with Crippen LogP contribution in [0.2, 0.25) is 0 Å². The van der Waals surface area contributed by atoms with Crippen LogP contribution in [-0.2, 0) is 4.74 Å². The summed E-state index contributed by atoms with van der Waals surface area (Å²) in [5.41, 5.74) is 2.29. The van der Waals surface area contributed by atoms with Crippen molar-refractivity contribution in [3.8, 4) is 0 Å². The highest BCUT2D eigenvalue weighted by molar-refractivity contribution is 6.07. The third-order valence-electron chi connectivity index (χ3n) is 4.98. The topological polar surface area (TPSA) is 105 Å². The van der Waals surface area contributed by atoms with Gasteiger partial charge in [0.2, 0.25) is 0 Å². The molecule has 0 aliphatic carbocycles. The summed E-state index contributed by atoms with van der Waals surface area (Å²) in [4.78, 5) is 24.3. The normalized spacial score (nSPS) is 15.0. The van der Waals surface area contributed by atoms with Gasteiger partial charge in [0.1, 0.15) is 5.82 Å². The highest BCUT2D eigenvalue weighted by Gasteiger charge is 2.22. The summed E-state index contributed by atoms with van der Waals surface area (Å²) in [5.74, 6) is -3.44. The van der Waals surface area contributed by atoms with E-state index in [2.05, 4.69) is 37.0 Å². The maximum Gasteiger partial charge on any atom is 0.340 e. The van der Waals surface area contributed by atoms with E-state index in [1.807, 2.05) is 0 Å². The number of piperidine rings is 1. The molecule has 4 rings (SSSR count). The molecule has 0 radical (unpaired) electrons. The lowest BCUT2D eigenvalue weighted by atomic mass is 9.98. The van der Waals surface area contributed by atoms with Crippen LogP contribution in [0, 0.1) is 11.6 Å². The van der Waals surface area contributed by atoms with Crippen LogP contribution in [0.15, 0.2) is 47.4 Å². The van der Waals surface area contributed by atoms with Crippen LogP contribution in [0.4, 0.5) is 20.3 Å². The molecule has 1 aromatic carbocycles. The fraction of sp³-hybridized carbons (Fsp3) is 0.238. The number of hydrogen-bond donors (Lipinski definition) is 3. The van der Waals surface area contributed by atoms with Crippen molar-refractivity contribution in [3.05, 3.63) is 70.3 Å². The maximum atomic E-state index is 14.2. The first-order valence-corrected chi connectivity index (χ1v) is 9.62. The Balaban J connectivity index is 1.49. The minimum absolute atomic E-state index is 0.107. The van der Waals surface area contributed by atoms with Crippen molar-refractivity contribution in [2.24, 2.45) is 0 Å². The van der Waals surface area contributed by atoms with E-state index in [9.17, 15) is 18.4 Å². The lowest BCUT2D eigenvalue weighted by Gasteiger charge is -2.27. The zero-order valence-corrected chi connectivity index (χ0v) is 16.6. The summed E-state index contributed by atoms with van der Waals surface area (Å²) in [6, 6.07) is 4.31. The lowest BCUT2D eigenvalue weighted by Crippen LogP contribution is -2.25. The summed E-state index contributed by atoms with van der Waals surface area (Å²) < 4.78 is 32.2. The second kappa shape index (κ2) is 8.50. The molecule has 0 unspecified atom stereocenters. The summed E-state index contributed by atoms with van der Waals surface area (Å²) in [7, 11) is 1.07. The minimum atomic E-state index is -1.11. The van der Waals surface area contributed by atoms with E-state index in [1.165, 1.54) is 11.8 Å². The van der Waals surface area contributed by atoms with E-state index in [1.54, 1.807) is 6.07 Å². The SMILES string of the molecule is COC(=O)c1cc(F)cc(F)c1NC(=O)c1ccc(NC2=C3CCCC(=CC2)N3)nn1. The molecule has 1 aromatic heterocycles. The van der Waals surface area contributed by atoms with Gasteiger partial charge in [-0.2, -0.15) is 0 Å². The Bertz CT molecular complexity index is 1110. The molecule has 0 saturated carbocycles. The van der Waals surface area contributed by atoms with Gasteiger partial charge in [-0.25, -0.2) is 13.6 Å². The molecular weight excluding hydrogens is 408 g/mol. The van der Waals surface area contributed by atoms with Crippen LogP contribution in [-0.4, -0.2) is 29.2 Å². The summed E-state index contributed by atoms with van der Waals surface area (Å²) in [6.45, 7) is 0. The van der Waals surface area contributed by atoms with Crippen LogP contribution >= 0.6 is 0 Å². The third kappa shape index (κ3) is 4.37. The molecule has 2 aromatic rings. The van der Waals surface area contributed by atoms with Crippen LogP contribution in [0.3, 0.4) is 0 Å². The van der Waals surface area contributed by atoms with E-state index >= 15 is 0 Å². The number of nitrogens with one attached hydrogen (secondary N) is 3. The third-order valence-corrected chi connectivity index (χ3v) is 4.98. The van der Waals surface area contributed by atoms with Crippen LogP contribution in [0.25, 0.3) is 0 Å². The number of aromatic nitrogens is 2. The molecule has 3 N–H and O–H groups in total. The Labute approximate surface area is 176 Å². The maximum absolute atomic E-state index is 14.2. The van der Waals surface area contributed by atoms with Gasteiger partial charge in [-0.15, -0.1) is 10.2 Å². The molecule has 1 amide bonds. The van der Waals surface area contributed by atoms with Gasteiger partial charge in [-0.1, -0.05) is 6.08 Å². The van der Waals surface area contributed by atoms with E-state index in [-0.39, 0.29) is 5.69 Å². The van der Waals surface area contributed by atoms with Crippen LogP contribution in [0.5, 0.6) is 0 Å². The first-order valence-electron chi connectivity index (χ1n) is 9.62. The zero-order valence-electron chi connectivity index (χ0n) is 16.6. The number of rotatable bonds is 5. The second-order valence-electron chi connectivity index (χ2n) is 7.05. The number of carbonyl (C=O) groups is 2. The Morgan fingerprint density at radius 3 is 2.74 bits per heavy atom. The molecular formula is C21H19F2N5O3. The predicted octanol–water partition coefficient (Wildman–Crippen LogP) is 3.48. The molecule has 2 aliphatic heterocycles. The first kappa shape index (κ1) is 20.5.